The molecule has 2 saturated carbocycles. The normalized spacial score (nSPS) is 38.9. The highest BCUT2D eigenvalue weighted by molar-refractivity contribution is 4.89. The Morgan fingerprint density at radius 3 is 2.30 bits per heavy atom. The summed E-state index contributed by atoms with van der Waals surface area (Å²) in [7, 11) is 2.22. The molecule has 3 heteroatoms. The van der Waals surface area contributed by atoms with Gasteiger partial charge in [0.15, 0.2) is 0 Å². The summed E-state index contributed by atoms with van der Waals surface area (Å²) in [6, 6.07) is 0.378. The predicted octanol–water partition coefficient (Wildman–Crippen LogP) is 2.48. The van der Waals surface area contributed by atoms with E-state index in [-0.39, 0.29) is 6.10 Å². The van der Waals surface area contributed by atoms with Crippen molar-refractivity contribution in [3.63, 3.8) is 0 Å². The quantitative estimate of drug-likeness (QED) is 0.833. The predicted molar refractivity (Wildman–Crippen MR) is 84.5 cm³/mol. The fraction of sp³-hybridized carbons (Fsp3) is 1.00. The number of nitrogens with zero attached hydrogens (tertiary/aromatic N) is 1. The fourth-order valence-electron chi connectivity index (χ4n) is 4.05. The molecule has 3 unspecified atom stereocenters. The number of nitrogens with two attached hydrogens (primary N) is 1. The molecule has 118 valence electrons. The van der Waals surface area contributed by atoms with Crippen LogP contribution in [0, 0.1) is 23.2 Å². The van der Waals surface area contributed by atoms with Gasteiger partial charge >= 0.3 is 0 Å². The van der Waals surface area contributed by atoms with Crippen molar-refractivity contribution >= 4 is 0 Å². The Balaban J connectivity index is 1.80. The van der Waals surface area contributed by atoms with Crippen molar-refractivity contribution in [2.75, 3.05) is 20.1 Å². The van der Waals surface area contributed by atoms with Crippen LogP contribution in [0.2, 0.25) is 0 Å². The van der Waals surface area contributed by atoms with E-state index in [2.05, 4.69) is 32.7 Å². The zero-order valence-electron chi connectivity index (χ0n) is 13.8. The van der Waals surface area contributed by atoms with Crippen LogP contribution in [-0.4, -0.2) is 42.3 Å². The van der Waals surface area contributed by atoms with Gasteiger partial charge in [-0.3, -0.25) is 0 Å². The third-order valence-corrected chi connectivity index (χ3v) is 5.59. The first-order chi connectivity index (χ1) is 9.25. The molecule has 3 nitrogen and oxygen atoms in total. The third kappa shape index (κ3) is 4.19. The lowest BCUT2D eigenvalue weighted by atomic mass is 9.67. The van der Waals surface area contributed by atoms with E-state index in [0.29, 0.717) is 23.3 Å². The Kier molecular flexibility index (Phi) is 5.14. The van der Waals surface area contributed by atoms with Crippen molar-refractivity contribution in [3.8, 4) is 0 Å². The van der Waals surface area contributed by atoms with E-state index in [0.717, 1.165) is 31.8 Å². The zero-order valence-corrected chi connectivity index (χ0v) is 13.8. The second kappa shape index (κ2) is 6.33. The first kappa shape index (κ1) is 16.3. The Labute approximate surface area is 124 Å². The summed E-state index contributed by atoms with van der Waals surface area (Å²) in [6.45, 7) is 9.35. The maximum atomic E-state index is 9.38. The number of hydrogen-bond donors (Lipinski definition) is 2. The monoisotopic (exact) mass is 282 g/mol. The summed E-state index contributed by atoms with van der Waals surface area (Å²) >= 11 is 0. The summed E-state index contributed by atoms with van der Waals surface area (Å²) in [5, 5.41) is 9.38. The topological polar surface area (TPSA) is 49.5 Å². The number of rotatable bonds is 4. The van der Waals surface area contributed by atoms with Crippen LogP contribution in [0.4, 0.5) is 0 Å². The van der Waals surface area contributed by atoms with Gasteiger partial charge in [-0.2, -0.15) is 0 Å². The molecular weight excluding hydrogens is 248 g/mol. The van der Waals surface area contributed by atoms with Crippen molar-refractivity contribution in [2.24, 2.45) is 28.9 Å². The van der Waals surface area contributed by atoms with Gasteiger partial charge in [-0.05, 0) is 62.3 Å². The minimum atomic E-state index is -0.0318. The minimum absolute atomic E-state index is 0.0318. The highest BCUT2D eigenvalue weighted by Crippen LogP contribution is 2.40. The molecule has 2 aliphatic carbocycles. The van der Waals surface area contributed by atoms with E-state index in [4.69, 9.17) is 5.73 Å². The summed E-state index contributed by atoms with van der Waals surface area (Å²) in [5.74, 6) is 2.16. The zero-order chi connectivity index (χ0) is 14.9. The summed E-state index contributed by atoms with van der Waals surface area (Å²) < 4.78 is 0. The highest BCUT2D eigenvalue weighted by Gasteiger charge is 2.35. The van der Waals surface area contributed by atoms with Crippen LogP contribution in [0.1, 0.15) is 52.9 Å². The van der Waals surface area contributed by atoms with E-state index < -0.39 is 0 Å². The van der Waals surface area contributed by atoms with E-state index in [1.54, 1.807) is 0 Å². The van der Waals surface area contributed by atoms with E-state index in [9.17, 15) is 5.11 Å². The molecular formula is C17H34N2O. The molecule has 0 aromatic rings. The summed E-state index contributed by atoms with van der Waals surface area (Å²) in [4.78, 5) is 2.45. The lowest BCUT2D eigenvalue weighted by Crippen LogP contribution is -2.46. The second-order valence-corrected chi connectivity index (χ2v) is 8.51. The SMILES string of the molecule is CN(CC1CC(O)C1)CC1CC(C(C)(C)C)CCC1N. The molecule has 0 radical (unpaired) electrons. The van der Waals surface area contributed by atoms with Crippen LogP contribution < -0.4 is 5.73 Å². The maximum Gasteiger partial charge on any atom is 0.0546 e. The van der Waals surface area contributed by atoms with Crippen molar-refractivity contribution in [3.05, 3.63) is 0 Å². The highest BCUT2D eigenvalue weighted by atomic mass is 16.3. The van der Waals surface area contributed by atoms with Crippen molar-refractivity contribution in [1.82, 2.24) is 4.90 Å². The van der Waals surface area contributed by atoms with Crippen molar-refractivity contribution < 1.29 is 5.11 Å². The molecule has 0 heterocycles. The van der Waals surface area contributed by atoms with Gasteiger partial charge in [0, 0.05) is 19.1 Å². The first-order valence-electron chi connectivity index (χ1n) is 8.38. The standard InChI is InChI=1S/C17H34N2O/c1-17(2,3)14-5-6-16(18)13(9-14)11-19(4)10-12-7-15(20)8-12/h12-16,20H,5-11,18H2,1-4H3. The second-order valence-electron chi connectivity index (χ2n) is 8.51. The number of aliphatic hydroxyl groups is 1. The fourth-order valence-corrected chi connectivity index (χ4v) is 4.05. The average molecular weight is 282 g/mol. The average Bonchev–Trinajstić information content (AvgIpc) is 2.28. The molecule has 2 aliphatic rings. The smallest absolute Gasteiger partial charge is 0.0546 e. The minimum Gasteiger partial charge on any atom is -0.393 e. The summed E-state index contributed by atoms with van der Waals surface area (Å²) in [5.41, 5.74) is 6.78. The van der Waals surface area contributed by atoms with E-state index in [1.165, 1.54) is 19.3 Å². The molecule has 2 rings (SSSR count). The molecule has 2 fully saturated rings. The molecule has 0 aromatic heterocycles. The largest absolute Gasteiger partial charge is 0.393 e. The van der Waals surface area contributed by atoms with E-state index >= 15 is 0 Å². The van der Waals surface area contributed by atoms with Gasteiger partial charge in [0.05, 0.1) is 6.10 Å². The Bertz CT molecular complexity index is 307. The van der Waals surface area contributed by atoms with Gasteiger partial charge in [-0.25, -0.2) is 0 Å². The van der Waals surface area contributed by atoms with Crippen molar-refractivity contribution in [2.45, 2.75) is 65.0 Å². The lowest BCUT2D eigenvalue weighted by molar-refractivity contribution is 0.0222. The van der Waals surface area contributed by atoms with Crippen LogP contribution in [0.15, 0.2) is 0 Å². The van der Waals surface area contributed by atoms with Crippen molar-refractivity contribution in [1.29, 1.82) is 0 Å². The molecule has 3 atom stereocenters. The van der Waals surface area contributed by atoms with Crippen LogP contribution in [0.5, 0.6) is 0 Å². The molecule has 20 heavy (non-hydrogen) atoms. The van der Waals surface area contributed by atoms with E-state index in [1.807, 2.05) is 0 Å². The van der Waals surface area contributed by atoms with Gasteiger partial charge in [-0.15, -0.1) is 0 Å². The Morgan fingerprint density at radius 1 is 1.10 bits per heavy atom. The maximum absolute atomic E-state index is 9.38. The Hall–Kier alpha value is -0.120. The van der Waals surface area contributed by atoms with Gasteiger partial charge < -0.3 is 15.7 Å². The van der Waals surface area contributed by atoms with Crippen LogP contribution in [0.25, 0.3) is 0 Å². The molecule has 3 N–H and O–H groups in total. The molecule has 0 spiro atoms. The third-order valence-electron chi connectivity index (χ3n) is 5.59. The summed E-state index contributed by atoms with van der Waals surface area (Å²) in [6.07, 6.45) is 5.71. The molecule has 0 saturated heterocycles. The van der Waals surface area contributed by atoms with Crippen LogP contribution in [0.3, 0.4) is 0 Å². The van der Waals surface area contributed by atoms with Gasteiger partial charge in [0.25, 0.3) is 0 Å². The van der Waals surface area contributed by atoms with Gasteiger partial charge in [0.1, 0.15) is 0 Å². The molecule has 0 bridgehead atoms. The Morgan fingerprint density at radius 2 is 1.75 bits per heavy atom. The number of hydrogen-bond acceptors (Lipinski definition) is 3. The molecule has 0 amide bonds. The molecule has 0 aliphatic heterocycles. The number of aliphatic hydroxyl groups excluding tert-OH is 1. The lowest BCUT2D eigenvalue weighted by Gasteiger charge is -2.42. The van der Waals surface area contributed by atoms with Gasteiger partial charge in [-0.1, -0.05) is 20.8 Å². The van der Waals surface area contributed by atoms with Crippen LogP contribution in [-0.2, 0) is 0 Å². The molecule has 0 aromatic carbocycles. The first-order valence-corrected chi connectivity index (χ1v) is 8.38. The van der Waals surface area contributed by atoms with Crippen LogP contribution >= 0.6 is 0 Å². The van der Waals surface area contributed by atoms with Gasteiger partial charge in [0.2, 0.25) is 0 Å².